The number of ether oxygens (including phenoxy) is 1. The summed E-state index contributed by atoms with van der Waals surface area (Å²) in [4.78, 5) is 23.2. The molecule has 1 rings (SSSR count). The van der Waals surface area contributed by atoms with Crippen molar-refractivity contribution in [2.24, 2.45) is 5.41 Å². The quantitative estimate of drug-likeness (QED) is 0.670. The fraction of sp³-hybridized carbons (Fsp3) is 0.385. The summed E-state index contributed by atoms with van der Waals surface area (Å²) in [6, 6.07) is 4.84. The molecule has 19 heavy (non-hydrogen) atoms. The van der Waals surface area contributed by atoms with E-state index < -0.39 is 17.4 Å². The lowest BCUT2D eigenvalue weighted by Gasteiger charge is -2.23. The van der Waals surface area contributed by atoms with Crippen molar-refractivity contribution in [2.75, 3.05) is 6.61 Å². The van der Waals surface area contributed by atoms with Gasteiger partial charge < -0.3 is 9.84 Å². The van der Waals surface area contributed by atoms with Gasteiger partial charge in [0.25, 0.3) is 0 Å². The highest BCUT2D eigenvalue weighted by atomic mass is 35.5. The molecule has 1 aromatic rings. The van der Waals surface area contributed by atoms with Crippen LogP contribution in [0.4, 0.5) is 0 Å². The van der Waals surface area contributed by atoms with Crippen LogP contribution in [0.15, 0.2) is 18.2 Å². The molecular formula is C13H14Cl2O4. The van der Waals surface area contributed by atoms with E-state index in [9.17, 15) is 14.7 Å². The van der Waals surface area contributed by atoms with Crippen LogP contribution in [0.3, 0.4) is 0 Å². The molecule has 6 heteroatoms. The van der Waals surface area contributed by atoms with E-state index in [2.05, 4.69) is 0 Å². The van der Waals surface area contributed by atoms with Gasteiger partial charge in [-0.1, -0.05) is 29.3 Å². The Balaban J connectivity index is 3.16. The van der Waals surface area contributed by atoms with E-state index in [0.717, 1.165) is 0 Å². The number of halogens is 2. The predicted molar refractivity (Wildman–Crippen MR) is 72.5 cm³/mol. The van der Waals surface area contributed by atoms with Crippen LogP contribution in [-0.2, 0) is 20.7 Å². The second-order valence-electron chi connectivity index (χ2n) is 4.23. The molecule has 4 nitrogen and oxygen atoms in total. The first-order valence-electron chi connectivity index (χ1n) is 5.66. The molecule has 104 valence electrons. The van der Waals surface area contributed by atoms with E-state index in [1.54, 1.807) is 25.1 Å². The van der Waals surface area contributed by atoms with Crippen molar-refractivity contribution >= 4 is 35.1 Å². The van der Waals surface area contributed by atoms with Gasteiger partial charge in [-0.2, -0.15) is 0 Å². The molecule has 0 radical (unpaired) electrons. The van der Waals surface area contributed by atoms with E-state index in [4.69, 9.17) is 27.9 Å². The zero-order valence-electron chi connectivity index (χ0n) is 10.6. The number of benzene rings is 1. The first kappa shape index (κ1) is 15.8. The summed E-state index contributed by atoms with van der Waals surface area (Å²) in [6.07, 6.45) is -0.125. The van der Waals surface area contributed by atoms with Crippen LogP contribution in [-0.4, -0.2) is 23.7 Å². The van der Waals surface area contributed by atoms with E-state index >= 15 is 0 Å². The van der Waals surface area contributed by atoms with Gasteiger partial charge in [-0.15, -0.1) is 0 Å². The molecule has 0 saturated carbocycles. The third kappa shape index (κ3) is 3.39. The summed E-state index contributed by atoms with van der Waals surface area (Å²) in [6.45, 7) is 3.02. The lowest BCUT2D eigenvalue weighted by molar-refractivity contribution is -0.167. The molecular weight excluding hydrogens is 291 g/mol. The van der Waals surface area contributed by atoms with Crippen LogP contribution in [0.25, 0.3) is 0 Å². The highest BCUT2D eigenvalue weighted by molar-refractivity contribution is 6.36. The maximum absolute atomic E-state index is 11.8. The number of hydrogen-bond donors (Lipinski definition) is 1. The Bertz CT molecular complexity index is 481. The van der Waals surface area contributed by atoms with Gasteiger partial charge in [0.15, 0.2) is 5.41 Å². The first-order valence-corrected chi connectivity index (χ1v) is 6.42. The lowest BCUT2D eigenvalue weighted by Crippen LogP contribution is -2.40. The number of esters is 1. The molecule has 1 atom stereocenters. The van der Waals surface area contributed by atoms with Crippen LogP contribution in [0.5, 0.6) is 0 Å². The number of carbonyl (C=O) groups is 2. The Hall–Kier alpha value is -1.26. The largest absolute Gasteiger partial charge is 0.480 e. The van der Waals surface area contributed by atoms with Crippen LogP contribution < -0.4 is 0 Å². The van der Waals surface area contributed by atoms with Crippen LogP contribution in [0.1, 0.15) is 19.4 Å². The standard InChI is InChI=1S/C13H14Cl2O4/c1-3-19-12(18)13(2,11(16)17)7-8-9(14)5-4-6-10(8)15/h4-6H,3,7H2,1-2H3,(H,16,17). The number of aliphatic carboxylic acids is 1. The van der Waals surface area contributed by atoms with Crippen molar-refractivity contribution in [3.05, 3.63) is 33.8 Å². The minimum atomic E-state index is -1.72. The fourth-order valence-corrected chi connectivity index (χ4v) is 2.11. The van der Waals surface area contributed by atoms with Gasteiger partial charge in [0.1, 0.15) is 0 Å². The Morgan fingerprint density at radius 2 is 1.84 bits per heavy atom. The summed E-state index contributed by atoms with van der Waals surface area (Å²) < 4.78 is 4.81. The smallest absolute Gasteiger partial charge is 0.323 e. The molecule has 0 heterocycles. The fourth-order valence-electron chi connectivity index (χ4n) is 1.58. The predicted octanol–water partition coefficient (Wildman–Crippen LogP) is 3.19. The van der Waals surface area contributed by atoms with Gasteiger partial charge in [0.05, 0.1) is 6.61 Å². The van der Waals surface area contributed by atoms with Gasteiger partial charge in [0.2, 0.25) is 0 Å². The highest BCUT2D eigenvalue weighted by Gasteiger charge is 2.43. The molecule has 0 spiro atoms. The molecule has 1 unspecified atom stereocenters. The van der Waals surface area contributed by atoms with Crippen molar-refractivity contribution in [2.45, 2.75) is 20.3 Å². The number of hydrogen-bond acceptors (Lipinski definition) is 3. The van der Waals surface area contributed by atoms with Gasteiger partial charge in [0, 0.05) is 16.5 Å². The summed E-state index contributed by atoms with van der Waals surface area (Å²) in [5, 5.41) is 9.93. The average molecular weight is 305 g/mol. The van der Waals surface area contributed by atoms with Gasteiger partial charge in [-0.05, 0) is 31.5 Å². The average Bonchev–Trinajstić information content (AvgIpc) is 2.33. The van der Waals surface area contributed by atoms with Crippen LogP contribution in [0.2, 0.25) is 10.0 Å². The number of carbonyl (C=O) groups excluding carboxylic acids is 1. The second kappa shape index (κ2) is 6.26. The Kier molecular flexibility index (Phi) is 5.20. The molecule has 0 aliphatic rings. The SMILES string of the molecule is CCOC(=O)C(C)(Cc1c(Cl)cccc1Cl)C(=O)O. The first-order chi connectivity index (χ1) is 8.82. The molecule has 0 amide bonds. The highest BCUT2D eigenvalue weighted by Crippen LogP contribution is 2.33. The zero-order valence-corrected chi connectivity index (χ0v) is 12.1. The Morgan fingerprint density at radius 1 is 1.32 bits per heavy atom. The van der Waals surface area contributed by atoms with Crippen molar-refractivity contribution in [3.63, 3.8) is 0 Å². The van der Waals surface area contributed by atoms with Crippen LogP contribution >= 0.6 is 23.2 Å². The summed E-state index contributed by atoms with van der Waals surface area (Å²) in [5.41, 5.74) is -1.30. The van der Waals surface area contributed by atoms with Crippen molar-refractivity contribution in [1.29, 1.82) is 0 Å². The monoisotopic (exact) mass is 304 g/mol. The minimum Gasteiger partial charge on any atom is -0.480 e. The van der Waals surface area contributed by atoms with Gasteiger partial charge in [-0.25, -0.2) is 0 Å². The normalized spacial score (nSPS) is 13.7. The lowest BCUT2D eigenvalue weighted by atomic mass is 9.83. The van der Waals surface area contributed by atoms with E-state index in [1.165, 1.54) is 6.92 Å². The molecule has 1 N–H and O–H groups in total. The van der Waals surface area contributed by atoms with E-state index in [1.807, 2.05) is 0 Å². The molecule has 0 bridgehead atoms. The molecule has 0 saturated heterocycles. The Morgan fingerprint density at radius 3 is 2.26 bits per heavy atom. The molecule has 1 aromatic carbocycles. The Labute approximate surface area is 121 Å². The summed E-state index contributed by atoms with van der Waals surface area (Å²) in [5.74, 6) is -2.08. The maximum Gasteiger partial charge on any atom is 0.323 e. The molecule has 0 aromatic heterocycles. The summed E-state index contributed by atoms with van der Waals surface area (Å²) in [7, 11) is 0. The third-order valence-corrected chi connectivity index (χ3v) is 3.50. The third-order valence-electron chi connectivity index (χ3n) is 2.79. The number of carboxylic acid groups (broad SMARTS) is 1. The van der Waals surface area contributed by atoms with Gasteiger partial charge in [-0.3, -0.25) is 9.59 Å². The van der Waals surface area contributed by atoms with Gasteiger partial charge >= 0.3 is 11.9 Å². The molecule has 0 fully saturated rings. The molecule has 0 aliphatic carbocycles. The van der Waals surface area contributed by atoms with Crippen molar-refractivity contribution in [3.8, 4) is 0 Å². The van der Waals surface area contributed by atoms with Crippen LogP contribution in [0, 0.1) is 5.41 Å². The van der Waals surface area contributed by atoms with E-state index in [0.29, 0.717) is 15.6 Å². The minimum absolute atomic E-state index is 0.109. The summed E-state index contributed by atoms with van der Waals surface area (Å²) >= 11 is 12.0. The zero-order chi connectivity index (χ0) is 14.6. The van der Waals surface area contributed by atoms with Crippen molar-refractivity contribution < 1.29 is 19.4 Å². The van der Waals surface area contributed by atoms with E-state index in [-0.39, 0.29) is 13.0 Å². The topological polar surface area (TPSA) is 63.6 Å². The number of carboxylic acids is 1. The maximum atomic E-state index is 11.8. The number of rotatable bonds is 5. The van der Waals surface area contributed by atoms with Crippen molar-refractivity contribution in [1.82, 2.24) is 0 Å². The molecule has 0 aliphatic heterocycles. The second-order valence-corrected chi connectivity index (χ2v) is 5.05.